The van der Waals surface area contributed by atoms with Crippen LogP contribution >= 0.6 is 0 Å². The van der Waals surface area contributed by atoms with Crippen molar-refractivity contribution in [2.75, 3.05) is 20.2 Å². The van der Waals surface area contributed by atoms with E-state index in [0.29, 0.717) is 6.04 Å². The van der Waals surface area contributed by atoms with Crippen LogP contribution in [-0.4, -0.2) is 36.1 Å². The van der Waals surface area contributed by atoms with Crippen LogP contribution in [0.25, 0.3) is 21.9 Å². The fourth-order valence-corrected chi connectivity index (χ4v) is 3.76. The van der Waals surface area contributed by atoms with E-state index in [9.17, 15) is 0 Å². The van der Waals surface area contributed by atoms with Gasteiger partial charge in [0.2, 0.25) is 0 Å². The van der Waals surface area contributed by atoms with E-state index in [4.69, 9.17) is 10.5 Å². The van der Waals surface area contributed by atoms with Crippen LogP contribution in [0.4, 0.5) is 0 Å². The average Bonchev–Trinajstić information content (AvgIpc) is 2.69. The van der Waals surface area contributed by atoms with E-state index in [-0.39, 0.29) is 0 Å². The molecule has 4 heteroatoms. The fraction of sp³-hybridized carbons (Fsp3) is 0.318. The highest BCUT2D eigenvalue weighted by molar-refractivity contribution is 5.97. The Labute approximate surface area is 154 Å². The molecule has 1 aliphatic rings. The SMILES string of the molecule is COc1cc2cncc(-c3ccccc3)c2cc1CN1CCC(N)CC1. The largest absolute Gasteiger partial charge is 0.496 e. The molecule has 4 rings (SSSR count). The lowest BCUT2D eigenvalue weighted by molar-refractivity contribution is 0.203. The van der Waals surface area contributed by atoms with Gasteiger partial charge in [0.05, 0.1) is 7.11 Å². The Kier molecular flexibility index (Phi) is 4.87. The van der Waals surface area contributed by atoms with Crippen molar-refractivity contribution >= 4 is 10.8 Å². The Morgan fingerprint density at radius 2 is 1.88 bits per heavy atom. The number of hydrogen-bond acceptors (Lipinski definition) is 4. The molecule has 0 spiro atoms. The van der Waals surface area contributed by atoms with Crippen LogP contribution in [0.15, 0.2) is 54.9 Å². The molecule has 1 aliphatic heterocycles. The lowest BCUT2D eigenvalue weighted by Crippen LogP contribution is -2.39. The van der Waals surface area contributed by atoms with Crippen LogP contribution < -0.4 is 10.5 Å². The molecule has 134 valence electrons. The van der Waals surface area contributed by atoms with Gasteiger partial charge in [-0.1, -0.05) is 30.3 Å². The van der Waals surface area contributed by atoms with Gasteiger partial charge in [0.25, 0.3) is 0 Å². The Bertz CT molecular complexity index is 887. The predicted octanol–water partition coefficient (Wildman–Crippen LogP) is 3.83. The summed E-state index contributed by atoms with van der Waals surface area (Å²) in [5, 5.41) is 2.32. The predicted molar refractivity (Wildman–Crippen MR) is 106 cm³/mol. The lowest BCUT2D eigenvalue weighted by Gasteiger charge is -2.30. The molecule has 0 unspecified atom stereocenters. The van der Waals surface area contributed by atoms with Gasteiger partial charge in [-0.2, -0.15) is 0 Å². The first-order valence-corrected chi connectivity index (χ1v) is 9.22. The Hall–Kier alpha value is -2.43. The summed E-state index contributed by atoms with van der Waals surface area (Å²) in [5.74, 6) is 0.930. The quantitative estimate of drug-likeness (QED) is 0.779. The standard InChI is InChI=1S/C22H25N3O/c1-26-22-12-17-13-24-14-21(16-5-3-2-4-6-16)20(17)11-18(22)15-25-9-7-19(23)8-10-25/h2-6,11-14,19H,7-10,15,23H2,1H3. The number of ether oxygens (including phenoxy) is 1. The third-order valence-electron chi connectivity index (χ3n) is 5.27. The second-order valence-electron chi connectivity index (χ2n) is 7.05. The van der Waals surface area contributed by atoms with Gasteiger partial charge in [-0.25, -0.2) is 0 Å². The number of benzene rings is 2. The van der Waals surface area contributed by atoms with Crippen molar-refractivity contribution in [2.45, 2.75) is 25.4 Å². The van der Waals surface area contributed by atoms with Crippen molar-refractivity contribution in [1.29, 1.82) is 0 Å². The minimum absolute atomic E-state index is 0.348. The van der Waals surface area contributed by atoms with Crippen LogP contribution in [-0.2, 0) is 6.54 Å². The summed E-state index contributed by atoms with van der Waals surface area (Å²) in [7, 11) is 1.74. The van der Waals surface area contributed by atoms with Crippen molar-refractivity contribution in [3.8, 4) is 16.9 Å². The molecule has 26 heavy (non-hydrogen) atoms. The highest BCUT2D eigenvalue weighted by atomic mass is 16.5. The first-order chi connectivity index (χ1) is 12.7. The van der Waals surface area contributed by atoms with Crippen molar-refractivity contribution in [3.63, 3.8) is 0 Å². The van der Waals surface area contributed by atoms with Gasteiger partial charge in [-0.3, -0.25) is 9.88 Å². The molecule has 1 aromatic heterocycles. The summed E-state index contributed by atoms with van der Waals surface area (Å²) < 4.78 is 5.68. The molecule has 4 nitrogen and oxygen atoms in total. The van der Waals surface area contributed by atoms with Gasteiger partial charge in [0.15, 0.2) is 0 Å². The first kappa shape index (κ1) is 17.0. The van der Waals surface area contributed by atoms with Crippen LogP contribution in [0.1, 0.15) is 18.4 Å². The summed E-state index contributed by atoms with van der Waals surface area (Å²) in [6, 6.07) is 15.2. The minimum atomic E-state index is 0.348. The number of nitrogens with zero attached hydrogens (tertiary/aromatic N) is 2. The van der Waals surface area contributed by atoms with Crippen LogP contribution in [0.3, 0.4) is 0 Å². The summed E-state index contributed by atoms with van der Waals surface area (Å²) in [5.41, 5.74) is 9.61. The van der Waals surface area contributed by atoms with Gasteiger partial charge in [-0.05, 0) is 49.0 Å². The number of methoxy groups -OCH3 is 1. The second kappa shape index (κ2) is 7.44. The molecule has 2 N–H and O–H groups in total. The number of pyridine rings is 1. The number of likely N-dealkylation sites (tertiary alicyclic amines) is 1. The zero-order valence-electron chi connectivity index (χ0n) is 15.2. The molecule has 3 aromatic rings. The zero-order chi connectivity index (χ0) is 17.9. The Morgan fingerprint density at radius 3 is 2.62 bits per heavy atom. The van der Waals surface area contributed by atoms with Crippen molar-refractivity contribution in [2.24, 2.45) is 5.73 Å². The highest BCUT2D eigenvalue weighted by Crippen LogP contribution is 2.33. The monoisotopic (exact) mass is 347 g/mol. The van der Waals surface area contributed by atoms with Gasteiger partial charge >= 0.3 is 0 Å². The molecule has 0 radical (unpaired) electrons. The van der Waals surface area contributed by atoms with E-state index in [1.54, 1.807) is 7.11 Å². The number of fused-ring (bicyclic) bond motifs is 1. The van der Waals surface area contributed by atoms with E-state index in [0.717, 1.165) is 49.2 Å². The van der Waals surface area contributed by atoms with E-state index in [2.05, 4.69) is 46.3 Å². The molecule has 2 aromatic carbocycles. The highest BCUT2D eigenvalue weighted by Gasteiger charge is 2.18. The lowest BCUT2D eigenvalue weighted by atomic mass is 9.98. The van der Waals surface area contributed by atoms with Crippen molar-refractivity contribution in [3.05, 3.63) is 60.4 Å². The maximum Gasteiger partial charge on any atom is 0.124 e. The minimum Gasteiger partial charge on any atom is -0.496 e. The number of hydrogen-bond donors (Lipinski definition) is 1. The van der Waals surface area contributed by atoms with Gasteiger partial charge in [-0.15, -0.1) is 0 Å². The third-order valence-corrected chi connectivity index (χ3v) is 5.27. The second-order valence-corrected chi connectivity index (χ2v) is 7.05. The number of rotatable bonds is 4. The van der Waals surface area contributed by atoms with Gasteiger partial charge in [0.1, 0.15) is 5.75 Å². The number of aromatic nitrogens is 1. The van der Waals surface area contributed by atoms with Crippen molar-refractivity contribution in [1.82, 2.24) is 9.88 Å². The molecule has 1 saturated heterocycles. The number of piperidine rings is 1. The van der Waals surface area contributed by atoms with Crippen LogP contribution in [0.2, 0.25) is 0 Å². The Morgan fingerprint density at radius 1 is 1.12 bits per heavy atom. The summed E-state index contributed by atoms with van der Waals surface area (Å²) in [4.78, 5) is 6.91. The fourth-order valence-electron chi connectivity index (χ4n) is 3.76. The first-order valence-electron chi connectivity index (χ1n) is 9.22. The van der Waals surface area contributed by atoms with Crippen molar-refractivity contribution < 1.29 is 4.74 Å². The molecule has 0 amide bonds. The molecule has 0 bridgehead atoms. The summed E-state index contributed by atoms with van der Waals surface area (Å²) >= 11 is 0. The van der Waals surface area contributed by atoms with Crippen LogP contribution in [0, 0.1) is 0 Å². The molecule has 1 fully saturated rings. The smallest absolute Gasteiger partial charge is 0.124 e. The topological polar surface area (TPSA) is 51.4 Å². The maximum absolute atomic E-state index is 6.05. The van der Waals surface area contributed by atoms with E-state index < -0.39 is 0 Å². The Balaban J connectivity index is 1.75. The van der Waals surface area contributed by atoms with Gasteiger partial charge < -0.3 is 10.5 Å². The number of nitrogens with two attached hydrogens (primary N) is 1. The van der Waals surface area contributed by atoms with E-state index in [1.165, 1.54) is 16.5 Å². The third kappa shape index (κ3) is 3.43. The molecule has 0 saturated carbocycles. The molecular formula is C22H25N3O. The molecule has 0 atom stereocenters. The molecular weight excluding hydrogens is 322 g/mol. The molecule has 0 aliphatic carbocycles. The maximum atomic E-state index is 6.05. The van der Waals surface area contributed by atoms with Gasteiger partial charge in [0, 0.05) is 41.5 Å². The summed E-state index contributed by atoms with van der Waals surface area (Å²) in [6.07, 6.45) is 5.99. The normalized spacial score (nSPS) is 16.1. The van der Waals surface area contributed by atoms with E-state index in [1.807, 2.05) is 18.5 Å². The zero-order valence-corrected chi connectivity index (χ0v) is 15.2. The van der Waals surface area contributed by atoms with Crippen LogP contribution in [0.5, 0.6) is 5.75 Å². The summed E-state index contributed by atoms with van der Waals surface area (Å²) in [6.45, 7) is 2.98. The van der Waals surface area contributed by atoms with E-state index >= 15 is 0 Å². The molecule has 2 heterocycles. The average molecular weight is 347 g/mol.